The maximum Gasteiger partial charge on any atom is 0.0610 e. The van der Waals surface area contributed by atoms with E-state index in [9.17, 15) is 5.11 Å². The van der Waals surface area contributed by atoms with Crippen molar-refractivity contribution in [2.45, 2.75) is 70.4 Å². The van der Waals surface area contributed by atoms with E-state index >= 15 is 0 Å². The first-order valence-corrected chi connectivity index (χ1v) is 7.52. The van der Waals surface area contributed by atoms with E-state index in [-0.39, 0.29) is 12.1 Å². The molecule has 0 aromatic heterocycles. The Bertz CT molecular complexity index is 217. The summed E-state index contributed by atoms with van der Waals surface area (Å²) in [6.07, 6.45) is 8.98. The van der Waals surface area contributed by atoms with E-state index in [2.05, 4.69) is 19.2 Å². The maximum absolute atomic E-state index is 9.29. The SMILES string of the molecule is CNC(C)(CO)CCCCOC1CCCCC1C. The van der Waals surface area contributed by atoms with Gasteiger partial charge in [0.05, 0.1) is 12.7 Å². The van der Waals surface area contributed by atoms with E-state index in [0.717, 1.165) is 31.8 Å². The topological polar surface area (TPSA) is 41.5 Å². The number of likely N-dealkylation sites (N-methyl/N-ethyl adjacent to an activating group) is 1. The van der Waals surface area contributed by atoms with Gasteiger partial charge in [-0.15, -0.1) is 0 Å². The summed E-state index contributed by atoms with van der Waals surface area (Å²) in [4.78, 5) is 0. The first-order valence-electron chi connectivity index (χ1n) is 7.52. The highest BCUT2D eigenvalue weighted by molar-refractivity contribution is 4.80. The van der Waals surface area contributed by atoms with E-state index in [1.54, 1.807) is 0 Å². The van der Waals surface area contributed by atoms with Crippen LogP contribution < -0.4 is 5.32 Å². The van der Waals surface area contributed by atoms with Crippen molar-refractivity contribution < 1.29 is 9.84 Å². The van der Waals surface area contributed by atoms with Gasteiger partial charge in [0, 0.05) is 12.1 Å². The molecule has 0 amide bonds. The minimum Gasteiger partial charge on any atom is -0.394 e. The molecule has 108 valence electrons. The molecule has 0 aromatic carbocycles. The van der Waals surface area contributed by atoms with Crippen LogP contribution in [0.5, 0.6) is 0 Å². The van der Waals surface area contributed by atoms with Gasteiger partial charge >= 0.3 is 0 Å². The summed E-state index contributed by atoms with van der Waals surface area (Å²) in [7, 11) is 1.91. The van der Waals surface area contributed by atoms with Crippen molar-refractivity contribution >= 4 is 0 Å². The van der Waals surface area contributed by atoms with Gasteiger partial charge in [0.25, 0.3) is 0 Å². The number of rotatable bonds is 8. The van der Waals surface area contributed by atoms with Crippen LogP contribution >= 0.6 is 0 Å². The number of unbranched alkanes of at least 4 members (excludes halogenated alkanes) is 1. The third-order valence-corrected chi connectivity index (χ3v) is 4.44. The van der Waals surface area contributed by atoms with Crippen molar-refractivity contribution in [2.24, 2.45) is 5.92 Å². The molecule has 3 nitrogen and oxygen atoms in total. The molecule has 0 radical (unpaired) electrons. The smallest absolute Gasteiger partial charge is 0.0610 e. The standard InChI is InChI=1S/C15H31NO2/c1-13-8-4-5-9-14(13)18-11-7-6-10-15(2,12-17)16-3/h13-14,16-17H,4-12H2,1-3H3. The molecule has 1 aliphatic carbocycles. The lowest BCUT2D eigenvalue weighted by Gasteiger charge is -2.29. The van der Waals surface area contributed by atoms with Gasteiger partial charge in [-0.25, -0.2) is 0 Å². The molecule has 1 rings (SSSR count). The first-order chi connectivity index (χ1) is 8.61. The highest BCUT2D eigenvalue weighted by Gasteiger charge is 2.22. The minimum absolute atomic E-state index is 0.127. The van der Waals surface area contributed by atoms with E-state index in [1.165, 1.54) is 25.7 Å². The Morgan fingerprint density at radius 2 is 2.00 bits per heavy atom. The zero-order valence-corrected chi connectivity index (χ0v) is 12.4. The van der Waals surface area contributed by atoms with E-state index < -0.39 is 0 Å². The Labute approximate surface area is 112 Å². The second-order valence-corrected chi connectivity index (χ2v) is 6.10. The van der Waals surface area contributed by atoms with Crippen LogP contribution in [-0.4, -0.2) is 37.0 Å². The number of hydrogen-bond donors (Lipinski definition) is 2. The van der Waals surface area contributed by atoms with Gasteiger partial charge in [0.15, 0.2) is 0 Å². The Kier molecular flexibility index (Phi) is 7.20. The summed E-state index contributed by atoms with van der Waals surface area (Å²) in [5.74, 6) is 0.735. The molecule has 1 saturated carbocycles. The molecule has 3 unspecified atom stereocenters. The summed E-state index contributed by atoms with van der Waals surface area (Å²) >= 11 is 0. The van der Waals surface area contributed by atoms with Crippen LogP contribution in [0.25, 0.3) is 0 Å². The second kappa shape index (κ2) is 8.13. The van der Waals surface area contributed by atoms with Crippen LogP contribution in [0.2, 0.25) is 0 Å². The number of aliphatic hydroxyl groups excluding tert-OH is 1. The predicted molar refractivity (Wildman–Crippen MR) is 75.8 cm³/mol. The maximum atomic E-state index is 9.29. The van der Waals surface area contributed by atoms with Crippen LogP contribution in [0.3, 0.4) is 0 Å². The summed E-state index contributed by atoms with van der Waals surface area (Å²) in [6.45, 7) is 5.45. The van der Waals surface area contributed by atoms with Crippen molar-refractivity contribution in [3.05, 3.63) is 0 Å². The van der Waals surface area contributed by atoms with E-state index in [4.69, 9.17) is 4.74 Å². The third-order valence-electron chi connectivity index (χ3n) is 4.44. The van der Waals surface area contributed by atoms with Gasteiger partial charge in [0.1, 0.15) is 0 Å². The fraction of sp³-hybridized carbons (Fsp3) is 1.00. The molecule has 1 aliphatic rings. The van der Waals surface area contributed by atoms with Gasteiger partial charge in [-0.2, -0.15) is 0 Å². The summed E-state index contributed by atoms with van der Waals surface area (Å²) in [5, 5.41) is 12.5. The summed E-state index contributed by atoms with van der Waals surface area (Å²) < 4.78 is 5.99. The molecule has 3 atom stereocenters. The summed E-state index contributed by atoms with van der Waals surface area (Å²) in [5.41, 5.74) is -0.127. The van der Waals surface area contributed by atoms with Gasteiger partial charge in [-0.05, 0) is 52.0 Å². The van der Waals surface area contributed by atoms with Crippen molar-refractivity contribution in [1.29, 1.82) is 0 Å². The second-order valence-electron chi connectivity index (χ2n) is 6.10. The summed E-state index contributed by atoms with van der Waals surface area (Å²) in [6, 6.07) is 0. The molecular formula is C15H31NO2. The van der Waals surface area contributed by atoms with Gasteiger partial charge in [-0.3, -0.25) is 0 Å². The lowest BCUT2D eigenvalue weighted by molar-refractivity contribution is -0.00723. The fourth-order valence-corrected chi connectivity index (χ4v) is 2.66. The normalized spacial score (nSPS) is 28.0. The average Bonchev–Trinajstić information content (AvgIpc) is 2.40. The first kappa shape index (κ1) is 15.9. The van der Waals surface area contributed by atoms with Crippen molar-refractivity contribution in [2.75, 3.05) is 20.3 Å². The zero-order valence-electron chi connectivity index (χ0n) is 12.4. The third kappa shape index (κ3) is 5.25. The van der Waals surface area contributed by atoms with Gasteiger partial charge in [0.2, 0.25) is 0 Å². The van der Waals surface area contributed by atoms with Crippen LogP contribution in [-0.2, 0) is 4.74 Å². The molecule has 18 heavy (non-hydrogen) atoms. The lowest BCUT2D eigenvalue weighted by Crippen LogP contribution is -2.43. The molecule has 3 heteroatoms. The Morgan fingerprint density at radius 1 is 1.28 bits per heavy atom. The van der Waals surface area contributed by atoms with Crippen LogP contribution in [0.4, 0.5) is 0 Å². The Hall–Kier alpha value is -0.120. The number of ether oxygens (including phenoxy) is 1. The molecule has 0 spiro atoms. The number of nitrogens with one attached hydrogen (secondary N) is 1. The van der Waals surface area contributed by atoms with Crippen LogP contribution in [0.1, 0.15) is 58.8 Å². The zero-order chi connectivity index (χ0) is 13.4. The fourth-order valence-electron chi connectivity index (χ4n) is 2.66. The van der Waals surface area contributed by atoms with Gasteiger partial charge < -0.3 is 15.2 Å². The quantitative estimate of drug-likeness (QED) is 0.657. The average molecular weight is 257 g/mol. The van der Waals surface area contributed by atoms with E-state index in [1.807, 2.05) is 7.05 Å². The minimum atomic E-state index is -0.127. The van der Waals surface area contributed by atoms with Crippen molar-refractivity contribution in [1.82, 2.24) is 5.32 Å². The molecule has 0 aliphatic heterocycles. The molecule has 1 fully saturated rings. The highest BCUT2D eigenvalue weighted by Crippen LogP contribution is 2.26. The molecule has 0 heterocycles. The lowest BCUT2D eigenvalue weighted by atomic mass is 9.88. The molecule has 0 aromatic rings. The van der Waals surface area contributed by atoms with Crippen LogP contribution in [0.15, 0.2) is 0 Å². The molecular weight excluding hydrogens is 226 g/mol. The Morgan fingerprint density at radius 3 is 2.61 bits per heavy atom. The highest BCUT2D eigenvalue weighted by atomic mass is 16.5. The van der Waals surface area contributed by atoms with Gasteiger partial charge in [-0.1, -0.05) is 19.8 Å². The van der Waals surface area contributed by atoms with Crippen molar-refractivity contribution in [3.63, 3.8) is 0 Å². The Balaban J connectivity index is 2.07. The number of aliphatic hydroxyl groups is 1. The molecule has 0 saturated heterocycles. The molecule has 2 N–H and O–H groups in total. The van der Waals surface area contributed by atoms with Crippen LogP contribution in [0, 0.1) is 5.92 Å². The monoisotopic (exact) mass is 257 g/mol. The number of hydrogen-bond acceptors (Lipinski definition) is 3. The van der Waals surface area contributed by atoms with E-state index in [0.29, 0.717) is 6.10 Å². The largest absolute Gasteiger partial charge is 0.394 e. The molecule has 0 bridgehead atoms. The van der Waals surface area contributed by atoms with Crippen molar-refractivity contribution in [3.8, 4) is 0 Å². The predicted octanol–water partition coefficient (Wildman–Crippen LogP) is 2.72.